The maximum atomic E-state index is 15.5. The number of nitrogens with one attached hydrogen (secondary N) is 3. The molecule has 35 heteroatoms. The van der Waals surface area contributed by atoms with Gasteiger partial charge in [0.15, 0.2) is 34.7 Å². The van der Waals surface area contributed by atoms with E-state index < -0.39 is 83.7 Å². The third kappa shape index (κ3) is 21.0. The predicted molar refractivity (Wildman–Crippen MR) is 485 cm³/mol. The van der Waals surface area contributed by atoms with E-state index in [-0.39, 0.29) is 110 Å². The average Bonchev–Trinajstić information content (AvgIpc) is 1.79. The van der Waals surface area contributed by atoms with Crippen LogP contribution >= 0.6 is 39.1 Å². The number of hydrogen-bond donors (Lipinski definition) is 3. The number of carbonyl (C=O) groups excluding carboxylic acids is 9. The van der Waals surface area contributed by atoms with Gasteiger partial charge >= 0.3 is 12.0 Å². The van der Waals surface area contributed by atoms with Crippen LogP contribution in [0.3, 0.4) is 0 Å². The summed E-state index contributed by atoms with van der Waals surface area (Å²) in [6.07, 6.45) is 9.50. The molecule has 14 aromatic rings. The molecule has 131 heavy (non-hydrogen) atoms. The molecule has 0 unspecified atom stereocenters. The summed E-state index contributed by atoms with van der Waals surface area (Å²) in [6, 6.07) is 41.7. The maximum Gasteiger partial charge on any atom is 0.321 e. The number of aryl methyl sites for hydroxylation is 3. The summed E-state index contributed by atoms with van der Waals surface area (Å²) in [5.41, 5.74) is 6.22. The van der Waals surface area contributed by atoms with Crippen LogP contribution in [0.2, 0.25) is 10.0 Å². The Morgan fingerprint density at radius 1 is 0.405 bits per heavy atom. The van der Waals surface area contributed by atoms with Gasteiger partial charge < -0.3 is 58.6 Å². The van der Waals surface area contributed by atoms with E-state index in [2.05, 4.69) is 61.8 Å². The number of fused-ring (bicyclic) bond motifs is 3. The average molecular weight is 1880 g/mol. The van der Waals surface area contributed by atoms with Crippen molar-refractivity contribution in [2.45, 2.75) is 117 Å². The topological polar surface area (TPSA) is 319 Å². The van der Waals surface area contributed by atoms with Gasteiger partial charge in [-0.05, 0) is 150 Å². The van der Waals surface area contributed by atoms with Crippen LogP contribution in [0.15, 0.2) is 224 Å². The Balaban J connectivity index is 0.000000151. The molecule has 3 saturated heterocycles. The molecule has 0 aliphatic carbocycles. The Kier molecular flexibility index (Phi) is 27.6. The van der Waals surface area contributed by atoms with E-state index in [1.54, 1.807) is 197 Å². The number of rotatable bonds is 23. The van der Waals surface area contributed by atoms with Gasteiger partial charge in [-0.25, -0.2) is 51.9 Å². The van der Waals surface area contributed by atoms with Crippen LogP contribution in [0.4, 0.5) is 39.0 Å². The number of carbonyl (C=O) groups is 9. The van der Waals surface area contributed by atoms with Crippen molar-refractivity contribution in [2.24, 2.45) is 0 Å². The van der Waals surface area contributed by atoms with Gasteiger partial charge in [-0.15, -0.1) is 0 Å². The monoisotopic (exact) mass is 1880 g/mol. The second-order valence-corrected chi connectivity index (χ2v) is 33.3. The number of likely N-dealkylation sites (tertiary alicyclic amines) is 3. The number of amides is 6. The molecule has 6 aromatic heterocycles. The highest BCUT2D eigenvalue weighted by molar-refractivity contribution is 9.10. The summed E-state index contributed by atoms with van der Waals surface area (Å²) in [5.74, 6) is -3.17. The molecular formula is C96H81BrCl2F5N15O12. The van der Waals surface area contributed by atoms with Crippen LogP contribution in [-0.4, -0.2) is 167 Å². The summed E-state index contributed by atoms with van der Waals surface area (Å²) >= 11 is 15.9. The van der Waals surface area contributed by atoms with Gasteiger partial charge in [0, 0.05) is 154 Å². The van der Waals surface area contributed by atoms with Crippen LogP contribution in [-0.2, 0) is 48.4 Å². The number of ether oxygens (including phenoxy) is 3. The lowest BCUT2D eigenvalue weighted by atomic mass is 10.0. The van der Waals surface area contributed by atoms with E-state index in [9.17, 15) is 56.3 Å². The molecule has 0 bridgehead atoms. The zero-order valence-electron chi connectivity index (χ0n) is 70.9. The van der Waals surface area contributed by atoms with Crippen molar-refractivity contribution < 1.29 is 79.3 Å². The van der Waals surface area contributed by atoms with Gasteiger partial charge in [0.2, 0.25) is 35.4 Å². The van der Waals surface area contributed by atoms with Crippen molar-refractivity contribution in [3.05, 3.63) is 279 Å². The van der Waals surface area contributed by atoms with Crippen molar-refractivity contribution in [3.63, 3.8) is 0 Å². The molecule has 0 radical (unpaired) electrons. The Labute approximate surface area is 764 Å². The summed E-state index contributed by atoms with van der Waals surface area (Å²) in [6.45, 7) is 8.26. The smallest absolute Gasteiger partial charge is 0.321 e. The minimum absolute atomic E-state index is 0.0848. The zero-order chi connectivity index (χ0) is 92.7. The van der Waals surface area contributed by atoms with E-state index in [0.29, 0.717) is 105 Å². The number of benzene rings is 8. The fourth-order valence-corrected chi connectivity index (χ4v) is 16.7. The van der Waals surface area contributed by atoms with Crippen molar-refractivity contribution >= 4 is 142 Å². The van der Waals surface area contributed by atoms with E-state index in [0.717, 1.165) is 25.4 Å². The van der Waals surface area contributed by atoms with Gasteiger partial charge in [0.05, 0.1) is 43.4 Å². The molecule has 3 aliphatic rings. The van der Waals surface area contributed by atoms with Crippen LogP contribution in [0.5, 0.6) is 35.0 Å². The fraction of sp³-hybridized carbons (Fsp3) is 0.219. The van der Waals surface area contributed by atoms with Crippen LogP contribution in [0.1, 0.15) is 88.1 Å². The highest BCUT2D eigenvalue weighted by Crippen LogP contribution is 2.39. The first kappa shape index (κ1) is 91.3. The number of Topliss-reactive ketones (excluding diaryl/α,β-unsaturated/α-hetero) is 3. The number of halogens is 8. The highest BCUT2D eigenvalue weighted by Gasteiger charge is 2.44. The quantitative estimate of drug-likeness (QED) is 0.0396. The predicted octanol–water partition coefficient (Wildman–Crippen LogP) is 18.6. The molecule has 3 aliphatic heterocycles. The van der Waals surface area contributed by atoms with Crippen molar-refractivity contribution in [1.82, 2.24) is 58.3 Å². The van der Waals surface area contributed by atoms with Crippen molar-refractivity contribution in [3.8, 4) is 57.3 Å². The summed E-state index contributed by atoms with van der Waals surface area (Å²) < 4.78 is 97.8. The molecule has 17 rings (SSSR count). The molecule has 27 nitrogen and oxygen atoms in total. The molecule has 8 aromatic carbocycles. The lowest BCUT2D eigenvalue weighted by Crippen LogP contribution is -2.44. The molecule has 3 fully saturated rings. The van der Waals surface area contributed by atoms with Crippen molar-refractivity contribution in [2.75, 3.05) is 35.6 Å². The Morgan fingerprint density at radius 2 is 0.748 bits per heavy atom. The van der Waals surface area contributed by atoms with Crippen LogP contribution in [0, 0.1) is 32.4 Å². The number of aromatic nitrogens is 9. The number of ketones is 3. The third-order valence-corrected chi connectivity index (χ3v) is 23.2. The summed E-state index contributed by atoms with van der Waals surface area (Å²) in [7, 11) is 0. The Bertz CT molecular complexity index is 6520. The van der Waals surface area contributed by atoms with Gasteiger partial charge in [0.25, 0.3) is 0 Å². The first-order chi connectivity index (χ1) is 62.8. The largest absolute Gasteiger partial charge is 0.454 e. The lowest BCUT2D eigenvalue weighted by molar-refractivity contribution is -0.137. The van der Waals surface area contributed by atoms with E-state index in [1.807, 2.05) is 19.9 Å². The van der Waals surface area contributed by atoms with Gasteiger partial charge in [-0.2, -0.15) is 0 Å². The van der Waals surface area contributed by atoms with Gasteiger partial charge in [-0.1, -0.05) is 106 Å². The maximum absolute atomic E-state index is 15.5. The zero-order valence-corrected chi connectivity index (χ0v) is 74.0. The molecule has 9 heterocycles. The summed E-state index contributed by atoms with van der Waals surface area (Å²) in [5, 5.41) is 10.2. The van der Waals surface area contributed by atoms with Crippen LogP contribution in [0.25, 0.3) is 55.0 Å². The lowest BCUT2D eigenvalue weighted by Gasteiger charge is -2.24. The molecular weight excluding hydrogens is 1800 g/mol. The van der Waals surface area contributed by atoms with Crippen LogP contribution < -0.4 is 30.2 Å². The molecule has 0 spiro atoms. The Hall–Kier alpha value is -14.4. The number of nitrogens with zero attached hydrogens (tertiary/aromatic N) is 12. The van der Waals surface area contributed by atoms with E-state index >= 15 is 8.78 Å². The number of anilines is 3. The minimum Gasteiger partial charge on any atom is -0.454 e. The SMILES string of the molecule is CC(=O)c1cn(CC(=O)N2C[C@H](F)C[C@H]2C(=O)Nc2cccc(-c3ccccc3Cl)c2F)c2ccc(Oc3cnc(C)nc3)cc12.CC(=O)c1cn(CC(=O)N2C[C@H](F)C[C@H]2C(=O)Nc2cccc(-c3ccccc3Cl)c2F)c2ccc(Oc3ncc(C)cn3)cc12.CC(=O)c1cn(CC(=O)N2C[C@H](F)C[C@H]2C(=O)Nc2cccc(Br)c2)c2ccc(Oc3ncc(C)cn3)cc12. The third-order valence-electron chi connectivity index (χ3n) is 22.1. The number of alkyl halides is 3. The van der Waals surface area contributed by atoms with Gasteiger partial charge in [0.1, 0.15) is 79.3 Å². The van der Waals surface area contributed by atoms with Crippen molar-refractivity contribution in [1.29, 1.82) is 0 Å². The number of hydrogen-bond acceptors (Lipinski definition) is 18. The molecule has 668 valence electrons. The second-order valence-electron chi connectivity index (χ2n) is 31.5. The molecule has 0 saturated carbocycles. The first-order valence-electron chi connectivity index (χ1n) is 41.2. The normalized spacial score (nSPS) is 16.3. The second kappa shape index (κ2) is 39.7. The fourth-order valence-electron chi connectivity index (χ4n) is 15.8. The van der Waals surface area contributed by atoms with E-state index in [4.69, 9.17) is 37.4 Å². The minimum atomic E-state index is -1.45. The Morgan fingerprint density at radius 3 is 1.11 bits per heavy atom. The molecule has 6 atom stereocenters. The van der Waals surface area contributed by atoms with Gasteiger partial charge in [-0.3, -0.25) is 43.2 Å². The molecule has 3 N–H and O–H groups in total. The standard InChI is InChI=1S/2C34H28ClF2N5O4.C28H25BrFN5O4/c1-19(43)27-17-41(30-11-10-22(13-26(27)30)46-23-14-38-20(2)39-15-23)18-32(44)42-16-21(36)12-31(42)34(45)40-29-9-5-7-25(33(29)37)24-6-3-4-8-28(24)35;1-19-14-38-34(39-15-19)46-22-10-11-29-25(13-22)26(20(2)43)17-41(29)18-31(44)42-16-21(36)12-30(42)33(45)40-28-9-5-7-24(32(28)37)23-6-3-4-8-27(23)35;1-16-11-31-28(32-12-16)39-21-6-7-24-22(10-21)23(17(2)36)14-34(24)15-26(37)35-13-19(30)9-25(35)27(38)33-20-5-3-4-18(29)8-20/h3-11,13-15,17,21,31H,12,16,18H2,1-2H3,(H,40,45);3-11,13-15,17,21,30H,12,16,18H2,1-2H3,(H,40,45);3-8,10-12,14,19,25H,9,13,15H2,1-2H3,(H,33,38)/t21-,31+;21-,30+;19-,25+/m111/s1. The molecule has 6 amide bonds. The summed E-state index contributed by atoms with van der Waals surface area (Å²) in [4.78, 5) is 146. The highest BCUT2D eigenvalue weighted by atomic mass is 79.9. The first-order valence-corrected chi connectivity index (χ1v) is 42.8. The van der Waals surface area contributed by atoms with E-state index in [1.165, 1.54) is 62.3 Å².